The second-order valence-corrected chi connectivity index (χ2v) is 4.52. The largest absolute Gasteiger partial charge is 0.484 e. The number of benzene rings is 1. The first-order valence-corrected chi connectivity index (χ1v) is 6.30. The standard InChI is InChI=1S/C14H22N2O2/c1-4-10(2)16-14(17)9-18-13-7-5-12(6-8-13)11(3)15/h5-8,10-11H,4,9,15H2,1-3H3,(H,16,17)/t10?,11-/m1/s1. The average Bonchev–Trinajstić information content (AvgIpc) is 2.36. The lowest BCUT2D eigenvalue weighted by atomic mass is 10.1. The molecule has 3 N–H and O–H groups in total. The predicted octanol–water partition coefficient (Wildman–Crippen LogP) is 2.00. The smallest absolute Gasteiger partial charge is 0.258 e. The molecule has 4 heteroatoms. The van der Waals surface area contributed by atoms with E-state index in [0.717, 1.165) is 12.0 Å². The second-order valence-electron chi connectivity index (χ2n) is 4.52. The van der Waals surface area contributed by atoms with E-state index in [9.17, 15) is 4.79 Å². The van der Waals surface area contributed by atoms with E-state index in [4.69, 9.17) is 10.5 Å². The van der Waals surface area contributed by atoms with Gasteiger partial charge < -0.3 is 15.8 Å². The Balaban J connectivity index is 2.41. The lowest BCUT2D eigenvalue weighted by Gasteiger charge is -2.12. The third-order valence-electron chi connectivity index (χ3n) is 2.80. The summed E-state index contributed by atoms with van der Waals surface area (Å²) in [5.74, 6) is 0.583. The van der Waals surface area contributed by atoms with Crippen molar-refractivity contribution in [3.05, 3.63) is 29.8 Å². The van der Waals surface area contributed by atoms with Crippen LogP contribution in [0.15, 0.2) is 24.3 Å². The Kier molecular flexibility index (Phi) is 5.65. The summed E-state index contributed by atoms with van der Waals surface area (Å²) in [5, 5.41) is 2.85. The maximum atomic E-state index is 11.5. The van der Waals surface area contributed by atoms with Crippen molar-refractivity contribution in [2.45, 2.75) is 39.3 Å². The van der Waals surface area contributed by atoms with Gasteiger partial charge in [0, 0.05) is 12.1 Å². The number of carbonyl (C=O) groups is 1. The molecule has 2 atom stereocenters. The molecule has 0 aliphatic carbocycles. The molecular weight excluding hydrogens is 228 g/mol. The molecule has 0 spiro atoms. The van der Waals surface area contributed by atoms with Crippen molar-refractivity contribution in [1.29, 1.82) is 0 Å². The van der Waals surface area contributed by atoms with Crippen molar-refractivity contribution in [1.82, 2.24) is 5.32 Å². The van der Waals surface area contributed by atoms with Crippen LogP contribution in [-0.4, -0.2) is 18.6 Å². The number of hydrogen-bond donors (Lipinski definition) is 2. The minimum absolute atomic E-state index is 0.00718. The predicted molar refractivity (Wildman–Crippen MR) is 72.4 cm³/mol. The molecule has 1 rings (SSSR count). The molecule has 1 aromatic carbocycles. The van der Waals surface area contributed by atoms with Crippen LogP contribution < -0.4 is 15.8 Å². The highest BCUT2D eigenvalue weighted by Gasteiger charge is 2.06. The number of carbonyl (C=O) groups excluding carboxylic acids is 1. The molecule has 0 heterocycles. The van der Waals surface area contributed by atoms with E-state index in [1.165, 1.54) is 0 Å². The molecular formula is C14H22N2O2. The summed E-state index contributed by atoms with van der Waals surface area (Å²) in [5.41, 5.74) is 6.80. The molecule has 4 nitrogen and oxygen atoms in total. The van der Waals surface area contributed by atoms with Gasteiger partial charge in [-0.2, -0.15) is 0 Å². The van der Waals surface area contributed by atoms with E-state index < -0.39 is 0 Å². The quantitative estimate of drug-likeness (QED) is 0.811. The molecule has 100 valence electrons. The summed E-state index contributed by atoms with van der Waals surface area (Å²) in [6.07, 6.45) is 0.912. The monoisotopic (exact) mass is 250 g/mol. The number of amides is 1. The SMILES string of the molecule is CCC(C)NC(=O)COc1ccc([C@@H](C)N)cc1. The zero-order valence-electron chi connectivity index (χ0n) is 11.3. The zero-order valence-corrected chi connectivity index (χ0v) is 11.3. The maximum absolute atomic E-state index is 11.5. The van der Waals surface area contributed by atoms with Crippen molar-refractivity contribution in [2.24, 2.45) is 5.73 Å². The van der Waals surface area contributed by atoms with Crippen LogP contribution in [0.4, 0.5) is 0 Å². The van der Waals surface area contributed by atoms with Crippen LogP contribution in [0.5, 0.6) is 5.75 Å². The average molecular weight is 250 g/mol. The maximum Gasteiger partial charge on any atom is 0.258 e. The summed E-state index contributed by atoms with van der Waals surface area (Å²) in [6.45, 7) is 5.96. The molecule has 1 aromatic rings. The van der Waals surface area contributed by atoms with Gasteiger partial charge in [-0.25, -0.2) is 0 Å². The highest BCUT2D eigenvalue weighted by atomic mass is 16.5. The van der Waals surface area contributed by atoms with Gasteiger partial charge >= 0.3 is 0 Å². The molecule has 0 aliphatic heterocycles. The topological polar surface area (TPSA) is 64.3 Å². The number of ether oxygens (including phenoxy) is 1. The Labute approximate surface area is 109 Å². The minimum atomic E-state index is -0.0966. The Morgan fingerprint density at radius 2 is 1.94 bits per heavy atom. The van der Waals surface area contributed by atoms with Gasteiger partial charge in [0.1, 0.15) is 5.75 Å². The molecule has 0 aliphatic rings. The van der Waals surface area contributed by atoms with Crippen molar-refractivity contribution < 1.29 is 9.53 Å². The molecule has 1 unspecified atom stereocenters. The number of nitrogens with two attached hydrogens (primary N) is 1. The van der Waals surface area contributed by atoms with Gasteiger partial charge in [-0.1, -0.05) is 19.1 Å². The van der Waals surface area contributed by atoms with E-state index in [1.54, 1.807) is 0 Å². The molecule has 1 amide bonds. The molecule has 0 bridgehead atoms. The third kappa shape index (κ3) is 4.75. The van der Waals surface area contributed by atoms with Crippen molar-refractivity contribution >= 4 is 5.91 Å². The van der Waals surface area contributed by atoms with E-state index in [1.807, 2.05) is 45.0 Å². The fourth-order valence-electron chi connectivity index (χ4n) is 1.44. The molecule has 0 saturated carbocycles. The summed E-state index contributed by atoms with van der Waals surface area (Å²) < 4.78 is 5.40. The van der Waals surface area contributed by atoms with Crippen LogP contribution in [-0.2, 0) is 4.79 Å². The van der Waals surface area contributed by atoms with E-state index in [2.05, 4.69) is 5.32 Å². The number of hydrogen-bond acceptors (Lipinski definition) is 3. The molecule has 18 heavy (non-hydrogen) atoms. The molecule has 0 fully saturated rings. The van der Waals surface area contributed by atoms with Crippen LogP contribution in [0.3, 0.4) is 0 Å². The van der Waals surface area contributed by atoms with Crippen molar-refractivity contribution in [3.63, 3.8) is 0 Å². The van der Waals surface area contributed by atoms with Gasteiger partial charge in [0.05, 0.1) is 0 Å². The first-order chi connectivity index (χ1) is 8.52. The lowest BCUT2D eigenvalue weighted by Crippen LogP contribution is -2.35. The Morgan fingerprint density at radius 1 is 1.33 bits per heavy atom. The van der Waals surface area contributed by atoms with Crippen LogP contribution in [0.2, 0.25) is 0 Å². The molecule has 0 saturated heterocycles. The van der Waals surface area contributed by atoms with Crippen LogP contribution in [0.1, 0.15) is 38.8 Å². The van der Waals surface area contributed by atoms with Crippen molar-refractivity contribution in [2.75, 3.05) is 6.61 Å². The first kappa shape index (κ1) is 14.5. The summed E-state index contributed by atoms with van der Waals surface area (Å²) in [6, 6.07) is 7.66. The fourth-order valence-corrected chi connectivity index (χ4v) is 1.44. The van der Waals surface area contributed by atoms with Crippen LogP contribution in [0.25, 0.3) is 0 Å². The van der Waals surface area contributed by atoms with Gasteiger partial charge in [0.15, 0.2) is 6.61 Å². The van der Waals surface area contributed by atoms with Crippen LogP contribution >= 0.6 is 0 Å². The lowest BCUT2D eigenvalue weighted by molar-refractivity contribution is -0.123. The third-order valence-corrected chi connectivity index (χ3v) is 2.80. The van der Waals surface area contributed by atoms with Crippen molar-refractivity contribution in [3.8, 4) is 5.75 Å². The summed E-state index contributed by atoms with van der Waals surface area (Å²) in [7, 11) is 0. The van der Waals surface area contributed by atoms with Gasteiger partial charge in [0.25, 0.3) is 5.91 Å². The van der Waals surface area contributed by atoms with E-state index >= 15 is 0 Å². The van der Waals surface area contributed by atoms with Gasteiger partial charge in [-0.15, -0.1) is 0 Å². The van der Waals surface area contributed by atoms with Gasteiger partial charge in [-0.05, 0) is 38.0 Å². The Morgan fingerprint density at radius 3 is 2.44 bits per heavy atom. The second kappa shape index (κ2) is 7.01. The van der Waals surface area contributed by atoms with Gasteiger partial charge in [-0.3, -0.25) is 4.79 Å². The summed E-state index contributed by atoms with van der Waals surface area (Å²) >= 11 is 0. The highest BCUT2D eigenvalue weighted by Crippen LogP contribution is 2.15. The normalized spacial score (nSPS) is 13.8. The number of rotatable bonds is 6. The number of nitrogens with one attached hydrogen (secondary N) is 1. The Bertz CT molecular complexity index is 374. The highest BCUT2D eigenvalue weighted by molar-refractivity contribution is 5.77. The first-order valence-electron chi connectivity index (χ1n) is 6.30. The minimum Gasteiger partial charge on any atom is -0.484 e. The molecule has 0 radical (unpaired) electrons. The Hall–Kier alpha value is -1.55. The van der Waals surface area contributed by atoms with E-state index in [-0.39, 0.29) is 24.6 Å². The molecule has 0 aromatic heterocycles. The van der Waals surface area contributed by atoms with Crippen LogP contribution in [0, 0.1) is 0 Å². The van der Waals surface area contributed by atoms with E-state index in [0.29, 0.717) is 5.75 Å². The summed E-state index contributed by atoms with van der Waals surface area (Å²) in [4.78, 5) is 11.5. The fraction of sp³-hybridized carbons (Fsp3) is 0.500. The van der Waals surface area contributed by atoms with Gasteiger partial charge in [0.2, 0.25) is 0 Å². The zero-order chi connectivity index (χ0) is 13.5.